The summed E-state index contributed by atoms with van der Waals surface area (Å²) in [6.45, 7) is 0. The van der Waals surface area contributed by atoms with Gasteiger partial charge in [0.15, 0.2) is 0 Å². The van der Waals surface area contributed by atoms with Crippen LogP contribution in [-0.4, -0.2) is 19.1 Å². The molecule has 160 valence electrons. The molecule has 0 saturated carbocycles. The first-order chi connectivity index (χ1) is 15.7. The van der Waals surface area contributed by atoms with Crippen LogP contribution in [0.3, 0.4) is 0 Å². The lowest BCUT2D eigenvalue weighted by molar-refractivity contribution is -0.143. The summed E-state index contributed by atoms with van der Waals surface area (Å²) < 4.78 is 5.24. The molecule has 0 amide bonds. The second kappa shape index (κ2) is 10.1. The summed E-state index contributed by atoms with van der Waals surface area (Å²) in [6.07, 6.45) is 0.516. The molecule has 0 heterocycles. The van der Waals surface area contributed by atoms with Crippen LogP contribution in [-0.2, 0) is 21.5 Å². The van der Waals surface area contributed by atoms with E-state index in [1.165, 1.54) is 7.11 Å². The van der Waals surface area contributed by atoms with Crippen molar-refractivity contribution in [3.8, 4) is 0 Å². The summed E-state index contributed by atoms with van der Waals surface area (Å²) in [5, 5.41) is 3.74. The van der Waals surface area contributed by atoms with E-state index in [0.29, 0.717) is 6.42 Å². The van der Waals surface area contributed by atoms with Crippen LogP contribution in [0.1, 0.15) is 22.3 Å². The number of esters is 1. The SMILES string of the molecule is COC(=O)C(Cc1ccccc1)NC(c1ccccc1)(c1ccccc1)c1ccccc1. The van der Waals surface area contributed by atoms with Gasteiger partial charge in [0.25, 0.3) is 0 Å². The van der Waals surface area contributed by atoms with Gasteiger partial charge in [0.05, 0.1) is 12.6 Å². The molecule has 0 aliphatic carbocycles. The maximum atomic E-state index is 13.0. The van der Waals surface area contributed by atoms with Crippen LogP contribution in [0, 0.1) is 0 Å². The summed E-state index contributed by atoms with van der Waals surface area (Å²) in [5.74, 6) is -0.291. The van der Waals surface area contributed by atoms with Crippen molar-refractivity contribution in [1.29, 1.82) is 0 Å². The van der Waals surface area contributed by atoms with Crippen molar-refractivity contribution >= 4 is 5.97 Å². The average molecular weight is 422 g/mol. The molecule has 0 aliphatic rings. The van der Waals surface area contributed by atoms with Gasteiger partial charge in [-0.2, -0.15) is 0 Å². The van der Waals surface area contributed by atoms with Gasteiger partial charge in [-0.05, 0) is 28.7 Å². The van der Waals surface area contributed by atoms with Gasteiger partial charge in [-0.25, -0.2) is 0 Å². The monoisotopic (exact) mass is 421 g/mol. The molecule has 1 atom stereocenters. The summed E-state index contributed by atoms with van der Waals surface area (Å²) >= 11 is 0. The first kappa shape index (κ1) is 21.5. The molecule has 0 aromatic heterocycles. The predicted octanol–water partition coefficient (Wildman–Crippen LogP) is 5.35. The minimum atomic E-state index is -0.739. The fourth-order valence-electron chi connectivity index (χ4n) is 4.26. The van der Waals surface area contributed by atoms with Crippen LogP contribution in [0.15, 0.2) is 121 Å². The standard InChI is InChI=1S/C29H27NO2/c1-32-28(31)27(22-23-14-6-2-7-15-23)30-29(24-16-8-3-9-17-24,25-18-10-4-11-19-25)26-20-12-5-13-21-26/h2-21,27,30H,22H2,1H3. The summed E-state index contributed by atoms with van der Waals surface area (Å²) in [6, 6.07) is 40.3. The fraction of sp³-hybridized carbons (Fsp3) is 0.138. The van der Waals surface area contributed by atoms with Crippen molar-refractivity contribution < 1.29 is 9.53 Å². The van der Waals surface area contributed by atoms with Crippen LogP contribution < -0.4 is 5.32 Å². The number of hydrogen-bond donors (Lipinski definition) is 1. The van der Waals surface area contributed by atoms with Crippen LogP contribution in [0.25, 0.3) is 0 Å². The third-order valence-corrected chi connectivity index (χ3v) is 5.78. The summed E-state index contributed by atoms with van der Waals surface area (Å²) in [7, 11) is 1.44. The van der Waals surface area contributed by atoms with Gasteiger partial charge >= 0.3 is 5.97 Å². The third kappa shape index (κ3) is 4.48. The van der Waals surface area contributed by atoms with E-state index in [1.54, 1.807) is 0 Å². The molecule has 1 unspecified atom stereocenters. The lowest BCUT2D eigenvalue weighted by atomic mass is 9.76. The van der Waals surface area contributed by atoms with Crippen LogP contribution in [0.2, 0.25) is 0 Å². The quantitative estimate of drug-likeness (QED) is 0.308. The van der Waals surface area contributed by atoms with Crippen molar-refractivity contribution in [3.63, 3.8) is 0 Å². The molecule has 0 bridgehead atoms. The van der Waals surface area contributed by atoms with E-state index in [2.05, 4.69) is 41.7 Å². The zero-order valence-corrected chi connectivity index (χ0v) is 18.1. The van der Waals surface area contributed by atoms with E-state index in [9.17, 15) is 4.79 Å². The number of carbonyl (C=O) groups excluding carboxylic acids is 1. The van der Waals surface area contributed by atoms with Gasteiger partial charge < -0.3 is 4.74 Å². The lowest BCUT2D eigenvalue weighted by Gasteiger charge is -2.39. The average Bonchev–Trinajstić information content (AvgIpc) is 2.88. The molecule has 4 rings (SSSR count). The van der Waals surface area contributed by atoms with Gasteiger partial charge in [0.1, 0.15) is 6.04 Å². The predicted molar refractivity (Wildman–Crippen MR) is 128 cm³/mol. The Kier molecular flexibility index (Phi) is 6.78. The van der Waals surface area contributed by atoms with Crippen molar-refractivity contribution in [1.82, 2.24) is 5.32 Å². The topological polar surface area (TPSA) is 38.3 Å². The van der Waals surface area contributed by atoms with Crippen LogP contribution in [0.4, 0.5) is 0 Å². The second-order valence-electron chi connectivity index (χ2n) is 7.76. The van der Waals surface area contributed by atoms with Gasteiger partial charge in [-0.3, -0.25) is 10.1 Å². The molecule has 32 heavy (non-hydrogen) atoms. The summed E-state index contributed by atoms with van der Waals surface area (Å²) in [4.78, 5) is 13.0. The second-order valence-corrected chi connectivity index (χ2v) is 7.76. The number of rotatable bonds is 8. The highest BCUT2D eigenvalue weighted by Gasteiger charge is 2.40. The van der Waals surface area contributed by atoms with E-state index in [4.69, 9.17) is 4.74 Å². The number of ether oxygens (including phenoxy) is 1. The van der Waals surface area contributed by atoms with E-state index in [1.807, 2.05) is 84.9 Å². The largest absolute Gasteiger partial charge is 0.468 e. The van der Waals surface area contributed by atoms with E-state index >= 15 is 0 Å². The maximum Gasteiger partial charge on any atom is 0.323 e. The molecule has 3 heteroatoms. The molecule has 3 nitrogen and oxygen atoms in total. The highest BCUT2D eigenvalue weighted by atomic mass is 16.5. The van der Waals surface area contributed by atoms with Gasteiger partial charge in [-0.1, -0.05) is 121 Å². The molecule has 0 fully saturated rings. The van der Waals surface area contributed by atoms with Crippen molar-refractivity contribution in [2.75, 3.05) is 7.11 Å². The fourth-order valence-corrected chi connectivity index (χ4v) is 4.26. The van der Waals surface area contributed by atoms with Gasteiger partial charge in [0.2, 0.25) is 0 Å². The Balaban J connectivity index is 1.90. The number of hydrogen-bond acceptors (Lipinski definition) is 3. The van der Waals surface area contributed by atoms with E-state index in [0.717, 1.165) is 22.3 Å². The number of benzene rings is 4. The molecule has 0 spiro atoms. The number of nitrogens with one attached hydrogen (secondary N) is 1. The van der Waals surface area contributed by atoms with Crippen molar-refractivity contribution in [2.24, 2.45) is 0 Å². The highest BCUT2D eigenvalue weighted by Crippen LogP contribution is 2.37. The van der Waals surface area contributed by atoms with Gasteiger partial charge in [0, 0.05) is 0 Å². The molecular weight excluding hydrogens is 394 g/mol. The number of carbonyl (C=O) groups is 1. The minimum Gasteiger partial charge on any atom is -0.468 e. The Morgan fingerprint density at radius 1 is 0.688 bits per heavy atom. The molecule has 0 aliphatic heterocycles. The van der Waals surface area contributed by atoms with Gasteiger partial charge in [-0.15, -0.1) is 0 Å². The normalized spacial score (nSPS) is 12.2. The number of methoxy groups -OCH3 is 1. The molecule has 1 N–H and O–H groups in total. The first-order valence-electron chi connectivity index (χ1n) is 10.8. The van der Waals surface area contributed by atoms with Crippen LogP contribution in [0.5, 0.6) is 0 Å². The molecule has 4 aromatic rings. The Hall–Kier alpha value is -3.69. The van der Waals surface area contributed by atoms with E-state index in [-0.39, 0.29) is 5.97 Å². The Morgan fingerprint density at radius 2 is 1.06 bits per heavy atom. The molecule has 4 aromatic carbocycles. The van der Waals surface area contributed by atoms with Crippen molar-refractivity contribution in [2.45, 2.75) is 18.0 Å². The third-order valence-electron chi connectivity index (χ3n) is 5.78. The van der Waals surface area contributed by atoms with Crippen LogP contribution >= 0.6 is 0 Å². The first-order valence-corrected chi connectivity index (χ1v) is 10.8. The van der Waals surface area contributed by atoms with E-state index < -0.39 is 11.6 Å². The van der Waals surface area contributed by atoms with Crippen molar-refractivity contribution in [3.05, 3.63) is 144 Å². The Bertz CT molecular complexity index is 1020. The molecule has 0 saturated heterocycles. The zero-order valence-electron chi connectivity index (χ0n) is 18.1. The lowest BCUT2D eigenvalue weighted by Crippen LogP contribution is -2.53. The molecular formula is C29H27NO2. The minimum absolute atomic E-state index is 0.291. The maximum absolute atomic E-state index is 13.0. The smallest absolute Gasteiger partial charge is 0.323 e. The zero-order chi connectivity index (χ0) is 22.2. The Morgan fingerprint density at radius 3 is 1.44 bits per heavy atom. The Labute approximate surface area is 189 Å². The highest BCUT2D eigenvalue weighted by molar-refractivity contribution is 5.76. The summed E-state index contributed by atoms with van der Waals surface area (Å²) in [5.41, 5.74) is 3.49. The molecule has 0 radical (unpaired) electrons.